The van der Waals surface area contributed by atoms with E-state index in [4.69, 9.17) is 26.1 Å². The monoisotopic (exact) mass is 378 g/mol. The SMILES string of the molecule is COc1cc(OC)cc(-c2nc3ccccc3n2Cc2ccc(Cl)cc2)c1. The van der Waals surface area contributed by atoms with E-state index in [1.54, 1.807) is 14.2 Å². The van der Waals surface area contributed by atoms with Crippen molar-refractivity contribution in [2.75, 3.05) is 14.2 Å². The predicted molar refractivity (Wildman–Crippen MR) is 109 cm³/mol. The number of aromatic nitrogens is 2. The molecule has 5 heteroatoms. The summed E-state index contributed by atoms with van der Waals surface area (Å²) in [7, 11) is 3.30. The maximum absolute atomic E-state index is 6.04. The van der Waals surface area contributed by atoms with Gasteiger partial charge in [-0.2, -0.15) is 0 Å². The summed E-state index contributed by atoms with van der Waals surface area (Å²) >= 11 is 6.04. The zero-order valence-electron chi connectivity index (χ0n) is 15.1. The minimum Gasteiger partial charge on any atom is -0.497 e. The van der Waals surface area contributed by atoms with Crippen molar-refractivity contribution in [2.45, 2.75) is 6.54 Å². The van der Waals surface area contributed by atoms with E-state index in [-0.39, 0.29) is 0 Å². The van der Waals surface area contributed by atoms with Gasteiger partial charge in [0.05, 0.1) is 25.3 Å². The van der Waals surface area contributed by atoms with Crippen molar-refractivity contribution in [3.05, 3.63) is 77.3 Å². The molecular weight excluding hydrogens is 360 g/mol. The van der Waals surface area contributed by atoms with Crippen molar-refractivity contribution in [2.24, 2.45) is 0 Å². The second-order valence-corrected chi connectivity index (χ2v) is 6.67. The van der Waals surface area contributed by atoms with Crippen molar-refractivity contribution in [3.63, 3.8) is 0 Å². The highest BCUT2D eigenvalue weighted by molar-refractivity contribution is 6.30. The molecule has 0 aliphatic heterocycles. The van der Waals surface area contributed by atoms with Gasteiger partial charge in [0, 0.05) is 23.2 Å². The fraction of sp³-hybridized carbons (Fsp3) is 0.136. The van der Waals surface area contributed by atoms with Crippen LogP contribution in [0.15, 0.2) is 66.7 Å². The second-order valence-electron chi connectivity index (χ2n) is 6.24. The van der Waals surface area contributed by atoms with Crippen LogP contribution in [-0.2, 0) is 6.54 Å². The van der Waals surface area contributed by atoms with E-state index in [2.05, 4.69) is 10.6 Å². The molecule has 0 N–H and O–H groups in total. The van der Waals surface area contributed by atoms with Gasteiger partial charge in [-0.25, -0.2) is 4.98 Å². The molecule has 0 spiro atoms. The highest BCUT2D eigenvalue weighted by atomic mass is 35.5. The molecule has 0 unspecified atom stereocenters. The topological polar surface area (TPSA) is 36.3 Å². The number of imidazole rings is 1. The van der Waals surface area contributed by atoms with Crippen LogP contribution < -0.4 is 9.47 Å². The molecule has 1 aromatic heterocycles. The first kappa shape index (κ1) is 17.4. The molecular formula is C22H19ClN2O2. The Kier molecular flexibility index (Phi) is 4.73. The molecule has 136 valence electrons. The van der Waals surface area contributed by atoms with Crippen molar-refractivity contribution in [1.29, 1.82) is 0 Å². The molecule has 0 bridgehead atoms. The number of benzene rings is 3. The summed E-state index contributed by atoms with van der Waals surface area (Å²) in [5, 5.41) is 0.729. The molecule has 0 atom stereocenters. The summed E-state index contributed by atoms with van der Waals surface area (Å²) in [5.41, 5.74) is 4.11. The van der Waals surface area contributed by atoms with Gasteiger partial charge in [0.15, 0.2) is 0 Å². The fourth-order valence-electron chi connectivity index (χ4n) is 3.16. The summed E-state index contributed by atoms with van der Waals surface area (Å²) < 4.78 is 13.1. The smallest absolute Gasteiger partial charge is 0.141 e. The van der Waals surface area contributed by atoms with Gasteiger partial charge in [-0.3, -0.25) is 0 Å². The molecule has 0 aliphatic carbocycles. The van der Waals surface area contributed by atoms with Crippen LogP contribution in [0, 0.1) is 0 Å². The van der Waals surface area contributed by atoms with Crippen LogP contribution in [0.1, 0.15) is 5.56 Å². The number of fused-ring (bicyclic) bond motifs is 1. The van der Waals surface area contributed by atoms with E-state index in [1.165, 1.54) is 0 Å². The van der Waals surface area contributed by atoms with Gasteiger partial charge in [-0.15, -0.1) is 0 Å². The Hall–Kier alpha value is -2.98. The average Bonchev–Trinajstić information content (AvgIpc) is 3.08. The molecule has 0 aliphatic rings. The lowest BCUT2D eigenvalue weighted by atomic mass is 10.1. The number of methoxy groups -OCH3 is 2. The van der Waals surface area contributed by atoms with Crippen molar-refractivity contribution >= 4 is 22.6 Å². The van der Waals surface area contributed by atoms with E-state index >= 15 is 0 Å². The summed E-state index contributed by atoms with van der Waals surface area (Å²) in [6.45, 7) is 0.687. The van der Waals surface area contributed by atoms with Gasteiger partial charge in [0.2, 0.25) is 0 Å². The van der Waals surface area contributed by atoms with Crippen LogP contribution >= 0.6 is 11.6 Å². The number of ether oxygens (including phenoxy) is 2. The third-order valence-corrected chi connectivity index (χ3v) is 4.77. The lowest BCUT2D eigenvalue weighted by Gasteiger charge is -2.12. The van der Waals surface area contributed by atoms with Crippen LogP contribution in [0.2, 0.25) is 5.02 Å². The Morgan fingerprint density at radius 2 is 1.56 bits per heavy atom. The van der Waals surface area contributed by atoms with E-state index in [0.717, 1.165) is 44.5 Å². The van der Waals surface area contributed by atoms with Gasteiger partial charge < -0.3 is 14.0 Å². The number of rotatable bonds is 5. The van der Waals surface area contributed by atoms with Crippen LogP contribution in [0.3, 0.4) is 0 Å². The first-order valence-electron chi connectivity index (χ1n) is 8.61. The first-order valence-corrected chi connectivity index (χ1v) is 8.99. The largest absolute Gasteiger partial charge is 0.497 e. The van der Waals surface area contributed by atoms with Crippen LogP contribution in [0.5, 0.6) is 11.5 Å². The maximum atomic E-state index is 6.04. The Morgan fingerprint density at radius 3 is 2.22 bits per heavy atom. The first-order chi connectivity index (χ1) is 13.2. The van der Waals surface area contributed by atoms with Crippen LogP contribution in [0.4, 0.5) is 0 Å². The van der Waals surface area contributed by atoms with Crippen molar-refractivity contribution in [3.8, 4) is 22.9 Å². The lowest BCUT2D eigenvalue weighted by molar-refractivity contribution is 0.394. The van der Waals surface area contributed by atoms with Gasteiger partial charge >= 0.3 is 0 Å². The number of hydrogen-bond acceptors (Lipinski definition) is 3. The molecule has 4 rings (SSSR count). The normalized spacial score (nSPS) is 10.9. The molecule has 0 saturated carbocycles. The number of halogens is 1. The summed E-state index contributed by atoms with van der Waals surface area (Å²) in [6, 6.07) is 21.8. The molecule has 4 aromatic rings. The van der Waals surface area contributed by atoms with Gasteiger partial charge in [-0.1, -0.05) is 35.9 Å². The molecule has 0 saturated heterocycles. The summed E-state index contributed by atoms with van der Waals surface area (Å²) in [5.74, 6) is 2.33. The molecule has 4 nitrogen and oxygen atoms in total. The molecule has 0 radical (unpaired) electrons. The predicted octanol–water partition coefficient (Wildman–Crippen LogP) is 5.42. The Balaban J connectivity index is 1.89. The van der Waals surface area contributed by atoms with Crippen molar-refractivity contribution in [1.82, 2.24) is 9.55 Å². The minimum absolute atomic E-state index is 0.687. The quantitative estimate of drug-likeness (QED) is 0.465. The molecule has 3 aromatic carbocycles. The Bertz CT molecular complexity index is 1070. The fourth-order valence-corrected chi connectivity index (χ4v) is 3.29. The Morgan fingerprint density at radius 1 is 0.889 bits per heavy atom. The standard InChI is InChI=1S/C22H19ClN2O2/c1-26-18-11-16(12-19(13-18)27-2)22-24-20-5-3-4-6-21(20)25(22)14-15-7-9-17(23)10-8-15/h3-13H,14H2,1-2H3. The van der Waals surface area contributed by atoms with Gasteiger partial charge in [0.1, 0.15) is 17.3 Å². The van der Waals surface area contributed by atoms with Crippen molar-refractivity contribution < 1.29 is 9.47 Å². The van der Waals surface area contributed by atoms with Gasteiger partial charge in [-0.05, 0) is 42.0 Å². The highest BCUT2D eigenvalue weighted by Gasteiger charge is 2.15. The zero-order valence-corrected chi connectivity index (χ0v) is 15.9. The highest BCUT2D eigenvalue weighted by Crippen LogP contribution is 2.32. The van der Waals surface area contributed by atoms with Gasteiger partial charge in [0.25, 0.3) is 0 Å². The second kappa shape index (κ2) is 7.33. The summed E-state index contributed by atoms with van der Waals surface area (Å²) in [6.07, 6.45) is 0. The molecule has 1 heterocycles. The minimum atomic E-state index is 0.687. The molecule has 27 heavy (non-hydrogen) atoms. The number of nitrogens with zero attached hydrogens (tertiary/aromatic N) is 2. The third kappa shape index (κ3) is 3.49. The summed E-state index contributed by atoms with van der Waals surface area (Å²) in [4.78, 5) is 4.87. The van der Waals surface area contributed by atoms with E-state index < -0.39 is 0 Å². The molecule has 0 fully saturated rings. The Labute approximate surface area is 162 Å². The third-order valence-electron chi connectivity index (χ3n) is 4.52. The van der Waals surface area contributed by atoms with E-state index in [0.29, 0.717) is 6.54 Å². The van der Waals surface area contributed by atoms with Crippen LogP contribution in [-0.4, -0.2) is 23.8 Å². The number of para-hydroxylation sites is 2. The maximum Gasteiger partial charge on any atom is 0.141 e. The average molecular weight is 379 g/mol. The lowest BCUT2D eigenvalue weighted by Crippen LogP contribution is -2.02. The van der Waals surface area contributed by atoms with E-state index in [9.17, 15) is 0 Å². The molecule has 0 amide bonds. The van der Waals surface area contributed by atoms with E-state index in [1.807, 2.05) is 60.7 Å². The van der Waals surface area contributed by atoms with Crippen LogP contribution in [0.25, 0.3) is 22.4 Å². The number of hydrogen-bond donors (Lipinski definition) is 0. The zero-order chi connectivity index (χ0) is 18.8.